The molecular formula is C12H15N3O4. The molecule has 3 amide bonds. The van der Waals surface area contributed by atoms with Gasteiger partial charge in [-0.1, -0.05) is 0 Å². The highest BCUT2D eigenvalue weighted by molar-refractivity contribution is 5.98. The molecule has 0 aliphatic rings. The zero-order valence-corrected chi connectivity index (χ0v) is 10.6. The molecule has 1 aromatic carbocycles. The van der Waals surface area contributed by atoms with Gasteiger partial charge in [0.1, 0.15) is 0 Å². The third kappa shape index (κ3) is 3.98. The summed E-state index contributed by atoms with van der Waals surface area (Å²) < 4.78 is 4.92. The Morgan fingerprint density at radius 2 is 1.95 bits per heavy atom. The van der Waals surface area contributed by atoms with Gasteiger partial charge in [0.25, 0.3) is 5.91 Å². The van der Waals surface area contributed by atoms with E-state index in [0.717, 1.165) is 0 Å². The molecular weight excluding hydrogens is 250 g/mol. The minimum absolute atomic E-state index is 0.299. The smallest absolute Gasteiger partial charge is 0.339 e. The zero-order chi connectivity index (χ0) is 14.6. The van der Waals surface area contributed by atoms with Gasteiger partial charge in [-0.15, -0.1) is 0 Å². The highest BCUT2D eigenvalue weighted by Gasteiger charge is 2.20. The predicted octanol–water partition coefficient (Wildman–Crippen LogP) is 0.317. The molecule has 5 N–H and O–H groups in total. The molecule has 0 bridgehead atoms. The molecule has 0 aliphatic carbocycles. The number of benzene rings is 1. The van der Waals surface area contributed by atoms with Crippen LogP contribution in [0.5, 0.6) is 0 Å². The maximum absolute atomic E-state index is 11.8. The lowest BCUT2D eigenvalue weighted by molar-refractivity contribution is -0.127. The van der Waals surface area contributed by atoms with Crippen molar-refractivity contribution < 1.29 is 19.1 Å². The first-order valence-electron chi connectivity index (χ1n) is 5.48. The maximum atomic E-state index is 11.8. The molecule has 0 fully saturated rings. The van der Waals surface area contributed by atoms with E-state index < -0.39 is 24.0 Å². The van der Waals surface area contributed by atoms with Crippen molar-refractivity contribution in [3.05, 3.63) is 29.3 Å². The molecule has 0 aliphatic heterocycles. The molecule has 0 heterocycles. The van der Waals surface area contributed by atoms with Crippen LogP contribution in [0.4, 0.5) is 10.5 Å². The lowest BCUT2D eigenvalue weighted by Gasteiger charge is -2.13. The lowest BCUT2D eigenvalue weighted by Crippen LogP contribution is -2.42. The number of esters is 1. The first-order valence-corrected chi connectivity index (χ1v) is 5.48. The molecule has 1 rings (SSSR count). The van der Waals surface area contributed by atoms with Crippen LogP contribution in [-0.4, -0.2) is 24.0 Å². The number of nitrogen functional groups attached to an aromatic ring is 1. The highest BCUT2D eigenvalue weighted by atomic mass is 16.5. The van der Waals surface area contributed by atoms with Gasteiger partial charge < -0.3 is 16.2 Å². The van der Waals surface area contributed by atoms with Crippen LogP contribution >= 0.6 is 0 Å². The van der Waals surface area contributed by atoms with Crippen molar-refractivity contribution in [2.24, 2.45) is 5.73 Å². The standard InChI is InChI=1S/C12H15N3O4/c1-6-5-8(13)3-4-9(6)11(17)19-7(2)10(16)15-12(14)18/h3-5,7H,13H2,1-2H3,(H3,14,15,16,18). The topological polar surface area (TPSA) is 125 Å². The molecule has 0 radical (unpaired) electrons. The van der Waals surface area contributed by atoms with E-state index in [-0.39, 0.29) is 0 Å². The molecule has 1 aromatic rings. The number of carbonyl (C=O) groups excluding carboxylic acids is 3. The van der Waals surface area contributed by atoms with E-state index in [1.807, 2.05) is 5.32 Å². The third-order valence-electron chi connectivity index (χ3n) is 2.37. The summed E-state index contributed by atoms with van der Waals surface area (Å²) in [6, 6.07) is 3.67. The molecule has 102 valence electrons. The number of hydrogen-bond donors (Lipinski definition) is 3. The number of anilines is 1. The fourth-order valence-electron chi connectivity index (χ4n) is 1.42. The SMILES string of the molecule is Cc1cc(N)ccc1C(=O)OC(C)C(=O)NC(N)=O. The van der Waals surface area contributed by atoms with Crippen molar-refractivity contribution >= 4 is 23.6 Å². The van der Waals surface area contributed by atoms with Crippen LogP contribution in [0.1, 0.15) is 22.8 Å². The minimum atomic E-state index is -1.13. The Morgan fingerprint density at radius 3 is 2.47 bits per heavy atom. The van der Waals surface area contributed by atoms with Crippen molar-refractivity contribution in [1.29, 1.82) is 0 Å². The van der Waals surface area contributed by atoms with Gasteiger partial charge in [-0.25, -0.2) is 9.59 Å². The number of rotatable bonds is 3. The second-order valence-electron chi connectivity index (χ2n) is 3.98. The number of urea groups is 1. The first kappa shape index (κ1) is 14.5. The summed E-state index contributed by atoms with van der Waals surface area (Å²) in [7, 11) is 0. The van der Waals surface area contributed by atoms with Gasteiger partial charge in [0, 0.05) is 5.69 Å². The maximum Gasteiger partial charge on any atom is 0.339 e. The minimum Gasteiger partial charge on any atom is -0.449 e. The molecule has 19 heavy (non-hydrogen) atoms. The van der Waals surface area contributed by atoms with Crippen LogP contribution in [0.15, 0.2) is 18.2 Å². The summed E-state index contributed by atoms with van der Waals surface area (Å²) in [6.07, 6.45) is -1.13. The summed E-state index contributed by atoms with van der Waals surface area (Å²) >= 11 is 0. The van der Waals surface area contributed by atoms with Gasteiger partial charge in [0.05, 0.1) is 5.56 Å². The Hall–Kier alpha value is -2.57. The largest absolute Gasteiger partial charge is 0.449 e. The quantitative estimate of drug-likeness (QED) is 0.536. The number of imide groups is 1. The molecule has 0 saturated heterocycles. The van der Waals surface area contributed by atoms with Gasteiger partial charge in [-0.3, -0.25) is 10.1 Å². The van der Waals surface area contributed by atoms with E-state index >= 15 is 0 Å². The van der Waals surface area contributed by atoms with Gasteiger partial charge >= 0.3 is 12.0 Å². The monoisotopic (exact) mass is 265 g/mol. The average Bonchev–Trinajstić information content (AvgIpc) is 2.27. The number of aryl methyl sites for hydroxylation is 1. The fraction of sp³-hybridized carbons (Fsp3) is 0.250. The zero-order valence-electron chi connectivity index (χ0n) is 10.6. The van der Waals surface area contributed by atoms with Gasteiger partial charge in [-0.2, -0.15) is 0 Å². The molecule has 0 saturated carbocycles. The van der Waals surface area contributed by atoms with E-state index in [1.54, 1.807) is 19.1 Å². The molecule has 7 heteroatoms. The third-order valence-corrected chi connectivity index (χ3v) is 2.37. The Kier molecular flexibility index (Phi) is 4.46. The van der Waals surface area contributed by atoms with E-state index in [9.17, 15) is 14.4 Å². The molecule has 7 nitrogen and oxygen atoms in total. The normalized spacial score (nSPS) is 11.5. The molecule has 1 atom stereocenters. The van der Waals surface area contributed by atoms with Crippen molar-refractivity contribution in [3.63, 3.8) is 0 Å². The van der Waals surface area contributed by atoms with Crippen LogP contribution in [0.25, 0.3) is 0 Å². The van der Waals surface area contributed by atoms with E-state index in [0.29, 0.717) is 16.8 Å². The number of primary amides is 1. The Labute approximate surface area is 109 Å². The van der Waals surface area contributed by atoms with Gasteiger partial charge in [-0.05, 0) is 37.6 Å². The molecule has 1 unspecified atom stereocenters. The van der Waals surface area contributed by atoms with Crippen LogP contribution in [0, 0.1) is 6.92 Å². The summed E-state index contributed by atoms with van der Waals surface area (Å²) in [5.41, 5.74) is 11.8. The average molecular weight is 265 g/mol. The lowest BCUT2D eigenvalue weighted by atomic mass is 10.1. The van der Waals surface area contributed by atoms with E-state index in [4.69, 9.17) is 16.2 Å². The van der Waals surface area contributed by atoms with Crippen LogP contribution < -0.4 is 16.8 Å². The van der Waals surface area contributed by atoms with Crippen LogP contribution in [0.2, 0.25) is 0 Å². The Balaban J connectivity index is 2.74. The summed E-state index contributed by atoms with van der Waals surface area (Å²) in [5.74, 6) is -1.46. The Morgan fingerprint density at radius 1 is 1.32 bits per heavy atom. The number of hydrogen-bond acceptors (Lipinski definition) is 5. The van der Waals surface area contributed by atoms with Crippen LogP contribution in [0.3, 0.4) is 0 Å². The summed E-state index contributed by atoms with van der Waals surface area (Å²) in [5, 5.41) is 1.83. The first-order chi connectivity index (χ1) is 8.81. The number of ether oxygens (including phenoxy) is 1. The van der Waals surface area contributed by atoms with E-state index in [2.05, 4.69) is 0 Å². The fourth-order valence-corrected chi connectivity index (χ4v) is 1.42. The molecule has 0 aromatic heterocycles. The van der Waals surface area contributed by atoms with Crippen molar-refractivity contribution in [2.75, 3.05) is 5.73 Å². The second kappa shape index (κ2) is 5.85. The van der Waals surface area contributed by atoms with Gasteiger partial charge in [0.15, 0.2) is 6.10 Å². The highest BCUT2D eigenvalue weighted by Crippen LogP contribution is 2.14. The van der Waals surface area contributed by atoms with E-state index in [1.165, 1.54) is 13.0 Å². The van der Waals surface area contributed by atoms with Crippen molar-refractivity contribution in [3.8, 4) is 0 Å². The van der Waals surface area contributed by atoms with Crippen LogP contribution in [-0.2, 0) is 9.53 Å². The van der Waals surface area contributed by atoms with Crippen molar-refractivity contribution in [2.45, 2.75) is 20.0 Å². The number of nitrogens with two attached hydrogens (primary N) is 2. The van der Waals surface area contributed by atoms with Gasteiger partial charge in [0.2, 0.25) is 0 Å². The second-order valence-corrected chi connectivity index (χ2v) is 3.98. The molecule has 0 spiro atoms. The number of amides is 3. The summed E-state index contributed by atoms with van der Waals surface area (Å²) in [4.78, 5) is 33.7. The summed E-state index contributed by atoms with van der Waals surface area (Å²) in [6.45, 7) is 3.03. The van der Waals surface area contributed by atoms with Crippen molar-refractivity contribution in [1.82, 2.24) is 5.32 Å². The predicted molar refractivity (Wildman–Crippen MR) is 68.2 cm³/mol. The Bertz CT molecular complexity index is 528. The number of nitrogens with one attached hydrogen (secondary N) is 1. The number of carbonyl (C=O) groups is 3.